The summed E-state index contributed by atoms with van der Waals surface area (Å²) < 4.78 is 12.8. The third kappa shape index (κ3) is 5.50. The van der Waals surface area contributed by atoms with Crippen molar-refractivity contribution in [3.63, 3.8) is 0 Å². The maximum Gasteiger partial charge on any atom is 0.303 e. The Labute approximate surface area is 199 Å². The molecule has 3 atom stereocenters. The minimum Gasteiger partial charge on any atom is -0.487 e. The van der Waals surface area contributed by atoms with Crippen LogP contribution in [0.25, 0.3) is 0 Å². The largest absolute Gasteiger partial charge is 0.487 e. The van der Waals surface area contributed by atoms with Crippen LogP contribution in [0, 0.1) is 5.92 Å². The number of hydrogen-bond acceptors (Lipinski definition) is 4. The fourth-order valence-corrected chi connectivity index (χ4v) is 5.06. The molecule has 0 aromatic heterocycles. The Bertz CT molecular complexity index is 1010. The number of amides is 1. The Hall–Kier alpha value is -2.57. The molecule has 0 spiro atoms. The molecule has 2 aliphatic rings. The van der Waals surface area contributed by atoms with Crippen molar-refractivity contribution in [3.05, 3.63) is 64.2 Å². The Balaban J connectivity index is 1.42. The van der Waals surface area contributed by atoms with Crippen LogP contribution in [0.1, 0.15) is 66.6 Å². The molecular weight excluding hydrogens is 442 g/mol. The zero-order chi connectivity index (χ0) is 23.4. The zero-order valence-corrected chi connectivity index (χ0v) is 19.6. The number of ether oxygens (including phenoxy) is 2. The van der Waals surface area contributed by atoms with Gasteiger partial charge in [-0.1, -0.05) is 23.7 Å². The SMILES string of the molecule is C[C@@]1(CCCNC(=O)c2ccc(Cl)cc2)Oc2cc(CCC(=O)O)ccc2[C@@H]2OCCC[C@H]21. The fraction of sp³-hybridized carbons (Fsp3) is 0.462. The van der Waals surface area contributed by atoms with Crippen LogP contribution >= 0.6 is 11.6 Å². The molecule has 2 aliphatic heterocycles. The minimum atomic E-state index is -0.810. The van der Waals surface area contributed by atoms with Gasteiger partial charge in [-0.3, -0.25) is 9.59 Å². The summed E-state index contributed by atoms with van der Waals surface area (Å²) in [4.78, 5) is 23.3. The lowest BCUT2D eigenvalue weighted by Gasteiger charge is -2.49. The van der Waals surface area contributed by atoms with Gasteiger partial charge in [0.1, 0.15) is 11.4 Å². The lowest BCUT2D eigenvalue weighted by atomic mass is 9.73. The minimum absolute atomic E-state index is 0.0234. The van der Waals surface area contributed by atoms with E-state index < -0.39 is 11.6 Å². The first-order valence-corrected chi connectivity index (χ1v) is 11.9. The number of hydrogen-bond donors (Lipinski definition) is 2. The molecule has 2 aromatic rings. The number of halogens is 1. The van der Waals surface area contributed by atoms with Crippen LogP contribution in [-0.2, 0) is 16.0 Å². The molecule has 176 valence electrons. The molecule has 0 unspecified atom stereocenters. The van der Waals surface area contributed by atoms with Crippen molar-refractivity contribution in [1.29, 1.82) is 0 Å². The molecule has 2 N–H and O–H groups in total. The van der Waals surface area contributed by atoms with Gasteiger partial charge in [-0.05, 0) is 74.9 Å². The molecule has 6 nitrogen and oxygen atoms in total. The summed E-state index contributed by atoms with van der Waals surface area (Å²) in [6, 6.07) is 12.8. The molecule has 2 aromatic carbocycles. The van der Waals surface area contributed by atoms with Crippen LogP contribution in [0.2, 0.25) is 5.02 Å². The van der Waals surface area contributed by atoms with Crippen molar-refractivity contribution < 1.29 is 24.2 Å². The van der Waals surface area contributed by atoms with Crippen LogP contribution in [0.4, 0.5) is 0 Å². The van der Waals surface area contributed by atoms with Gasteiger partial charge in [0.2, 0.25) is 0 Å². The maximum absolute atomic E-state index is 12.4. The molecule has 0 radical (unpaired) electrons. The Morgan fingerprint density at radius 1 is 1.21 bits per heavy atom. The summed E-state index contributed by atoms with van der Waals surface area (Å²) in [5.41, 5.74) is 2.16. The molecule has 33 heavy (non-hydrogen) atoms. The van der Waals surface area contributed by atoms with Crippen molar-refractivity contribution in [3.8, 4) is 5.75 Å². The van der Waals surface area contributed by atoms with Crippen LogP contribution in [0.15, 0.2) is 42.5 Å². The van der Waals surface area contributed by atoms with Gasteiger partial charge in [-0.25, -0.2) is 0 Å². The normalized spacial score (nSPS) is 23.7. The van der Waals surface area contributed by atoms with Gasteiger partial charge in [-0.15, -0.1) is 0 Å². The smallest absolute Gasteiger partial charge is 0.303 e. The highest BCUT2D eigenvalue weighted by atomic mass is 35.5. The van der Waals surface area contributed by atoms with Gasteiger partial charge in [0, 0.05) is 41.6 Å². The quantitative estimate of drug-likeness (QED) is 0.518. The summed E-state index contributed by atoms with van der Waals surface area (Å²) in [7, 11) is 0. The van der Waals surface area contributed by atoms with Crippen molar-refractivity contribution in [2.75, 3.05) is 13.2 Å². The van der Waals surface area contributed by atoms with Gasteiger partial charge in [0.15, 0.2) is 0 Å². The topological polar surface area (TPSA) is 84.9 Å². The van der Waals surface area contributed by atoms with Gasteiger partial charge < -0.3 is 19.9 Å². The second-order valence-corrected chi connectivity index (χ2v) is 9.52. The zero-order valence-electron chi connectivity index (χ0n) is 18.8. The Morgan fingerprint density at radius 2 is 2.00 bits per heavy atom. The number of carbonyl (C=O) groups excluding carboxylic acids is 1. The average Bonchev–Trinajstić information content (AvgIpc) is 2.81. The fourth-order valence-electron chi connectivity index (χ4n) is 4.93. The Morgan fingerprint density at radius 3 is 2.76 bits per heavy atom. The van der Waals surface area contributed by atoms with Gasteiger partial charge in [0.25, 0.3) is 5.91 Å². The van der Waals surface area contributed by atoms with Gasteiger partial charge in [0.05, 0.1) is 6.10 Å². The molecule has 1 amide bonds. The summed E-state index contributed by atoms with van der Waals surface area (Å²) in [5.74, 6) is 0.0906. The third-order valence-electron chi connectivity index (χ3n) is 6.70. The lowest BCUT2D eigenvalue weighted by molar-refractivity contribution is -0.137. The summed E-state index contributed by atoms with van der Waals surface area (Å²) in [6.07, 6.45) is 4.10. The Kier molecular flexibility index (Phi) is 7.25. The second kappa shape index (κ2) is 10.1. The van der Waals surface area contributed by atoms with Crippen molar-refractivity contribution in [2.45, 2.75) is 57.2 Å². The molecule has 0 aliphatic carbocycles. The van der Waals surface area contributed by atoms with E-state index in [0.29, 0.717) is 23.6 Å². The number of carboxylic acids is 1. The first-order chi connectivity index (χ1) is 15.9. The number of fused-ring (bicyclic) bond motifs is 3. The van der Waals surface area contributed by atoms with Crippen LogP contribution in [0.3, 0.4) is 0 Å². The number of carbonyl (C=O) groups is 2. The average molecular weight is 472 g/mol. The molecule has 4 rings (SSSR count). The molecule has 2 heterocycles. The number of rotatable bonds is 8. The predicted octanol–water partition coefficient (Wildman–Crippen LogP) is 5.19. The van der Waals surface area contributed by atoms with E-state index >= 15 is 0 Å². The molecule has 1 fully saturated rings. The van der Waals surface area contributed by atoms with E-state index in [1.807, 2.05) is 18.2 Å². The number of benzene rings is 2. The van der Waals surface area contributed by atoms with Gasteiger partial charge >= 0.3 is 5.97 Å². The van der Waals surface area contributed by atoms with E-state index in [2.05, 4.69) is 12.2 Å². The van der Waals surface area contributed by atoms with E-state index in [1.54, 1.807) is 24.3 Å². The van der Waals surface area contributed by atoms with Gasteiger partial charge in [-0.2, -0.15) is 0 Å². The van der Waals surface area contributed by atoms with E-state index in [4.69, 9.17) is 26.2 Å². The summed E-state index contributed by atoms with van der Waals surface area (Å²) >= 11 is 5.90. The number of aliphatic carboxylic acids is 1. The maximum atomic E-state index is 12.4. The molecular formula is C26H30ClNO5. The lowest BCUT2D eigenvalue weighted by Crippen LogP contribution is -2.49. The molecule has 0 saturated carbocycles. The monoisotopic (exact) mass is 471 g/mol. The predicted molar refractivity (Wildman–Crippen MR) is 126 cm³/mol. The first-order valence-electron chi connectivity index (χ1n) is 11.5. The van der Waals surface area contributed by atoms with Crippen LogP contribution in [-0.4, -0.2) is 35.7 Å². The van der Waals surface area contributed by atoms with E-state index in [0.717, 1.165) is 49.2 Å². The van der Waals surface area contributed by atoms with Crippen molar-refractivity contribution in [1.82, 2.24) is 5.32 Å². The highest BCUT2D eigenvalue weighted by molar-refractivity contribution is 6.30. The van der Waals surface area contributed by atoms with E-state index in [9.17, 15) is 9.59 Å². The molecule has 1 saturated heterocycles. The molecule has 0 bridgehead atoms. The highest BCUT2D eigenvalue weighted by Gasteiger charge is 2.48. The van der Waals surface area contributed by atoms with Crippen LogP contribution in [0.5, 0.6) is 5.75 Å². The standard InChI is InChI=1S/C26H30ClNO5/c1-26(13-3-14-28-25(31)18-7-9-19(27)10-8-18)21-4-2-15-32-24(21)20-11-5-17(6-12-23(29)30)16-22(20)33-26/h5,7-11,16,21,24H,2-4,6,12-15H2,1H3,(H,28,31)(H,29,30)/t21-,24+,26+/m1/s1. The van der Waals surface area contributed by atoms with Crippen molar-refractivity contribution >= 4 is 23.5 Å². The third-order valence-corrected chi connectivity index (χ3v) is 6.96. The number of aryl methyl sites for hydroxylation is 1. The number of nitrogens with one attached hydrogen (secondary N) is 1. The first kappa shape index (κ1) is 23.6. The second-order valence-electron chi connectivity index (χ2n) is 9.09. The van der Waals surface area contributed by atoms with Crippen LogP contribution < -0.4 is 10.1 Å². The molecule has 7 heteroatoms. The van der Waals surface area contributed by atoms with E-state index in [-0.39, 0.29) is 24.3 Å². The highest BCUT2D eigenvalue weighted by Crippen LogP contribution is 2.51. The summed E-state index contributed by atoms with van der Waals surface area (Å²) in [5, 5.41) is 12.6. The van der Waals surface area contributed by atoms with E-state index in [1.165, 1.54) is 0 Å². The number of carboxylic acid groups (broad SMARTS) is 1. The summed E-state index contributed by atoms with van der Waals surface area (Å²) in [6.45, 7) is 3.41. The van der Waals surface area contributed by atoms with Crippen molar-refractivity contribution in [2.24, 2.45) is 5.92 Å².